The van der Waals surface area contributed by atoms with Gasteiger partial charge in [0.25, 0.3) is 0 Å². The number of hydrogen-bond acceptors (Lipinski definition) is 11. The van der Waals surface area contributed by atoms with E-state index >= 15 is 0 Å². The molecule has 7 N–H and O–H groups in total. The molecule has 4 rings (SSSR count). The van der Waals surface area contributed by atoms with Gasteiger partial charge in [-0.15, -0.1) is 0 Å². The second-order valence-electron chi connectivity index (χ2n) is 7.59. The number of phenols is 3. The fourth-order valence-electron chi connectivity index (χ4n) is 3.70. The van der Waals surface area contributed by atoms with Crippen LogP contribution in [0.25, 0.3) is 0 Å². The van der Waals surface area contributed by atoms with Crippen molar-refractivity contribution < 1.29 is 54.8 Å². The van der Waals surface area contributed by atoms with Gasteiger partial charge in [0.05, 0.1) is 13.0 Å². The Kier molecular flexibility index (Phi) is 5.84. The quantitative estimate of drug-likeness (QED) is 0.303. The summed E-state index contributed by atoms with van der Waals surface area (Å²) in [5.41, 5.74) is 0.373. The van der Waals surface area contributed by atoms with E-state index in [9.17, 15) is 40.5 Å². The minimum absolute atomic E-state index is 0.0362. The minimum Gasteiger partial charge on any atom is -0.508 e. The number of ketones is 1. The Morgan fingerprint density at radius 3 is 2.34 bits per heavy atom. The number of rotatable bonds is 4. The molecule has 11 nitrogen and oxygen atoms in total. The summed E-state index contributed by atoms with van der Waals surface area (Å²) in [4.78, 5) is 12.9. The molecule has 0 amide bonds. The van der Waals surface area contributed by atoms with Gasteiger partial charge in [0.1, 0.15) is 47.6 Å². The maximum Gasteiger partial charge on any atom is 0.229 e. The van der Waals surface area contributed by atoms with Crippen molar-refractivity contribution in [1.82, 2.24) is 0 Å². The molecule has 0 aliphatic carbocycles. The number of phenolic OH excluding ortho intramolecular Hbond substituents is 3. The van der Waals surface area contributed by atoms with E-state index < -0.39 is 66.4 Å². The Hall–Kier alpha value is -3.09. The molecule has 0 radical (unpaired) electrons. The average Bonchev–Trinajstić information content (AvgIpc) is 2.77. The summed E-state index contributed by atoms with van der Waals surface area (Å²) in [7, 11) is 0. The van der Waals surface area contributed by atoms with Gasteiger partial charge in [-0.25, -0.2) is 0 Å². The van der Waals surface area contributed by atoms with E-state index in [4.69, 9.17) is 14.2 Å². The smallest absolute Gasteiger partial charge is 0.229 e. The van der Waals surface area contributed by atoms with Crippen molar-refractivity contribution in [3.63, 3.8) is 0 Å². The lowest BCUT2D eigenvalue weighted by Crippen LogP contribution is -2.60. The largest absolute Gasteiger partial charge is 0.508 e. The summed E-state index contributed by atoms with van der Waals surface area (Å²) < 4.78 is 16.5. The van der Waals surface area contributed by atoms with Crippen molar-refractivity contribution in [3.05, 3.63) is 41.5 Å². The van der Waals surface area contributed by atoms with Crippen LogP contribution in [0.2, 0.25) is 0 Å². The Bertz CT molecular complexity index is 1000. The first-order valence-corrected chi connectivity index (χ1v) is 9.76. The van der Waals surface area contributed by atoms with Gasteiger partial charge >= 0.3 is 0 Å². The molecule has 2 heterocycles. The van der Waals surface area contributed by atoms with E-state index in [1.807, 2.05) is 0 Å². The Morgan fingerprint density at radius 2 is 1.69 bits per heavy atom. The third kappa shape index (κ3) is 3.80. The maximum atomic E-state index is 12.9. The molecule has 32 heavy (non-hydrogen) atoms. The van der Waals surface area contributed by atoms with Gasteiger partial charge in [-0.1, -0.05) is 12.1 Å². The van der Waals surface area contributed by atoms with E-state index in [1.54, 1.807) is 12.1 Å². The van der Waals surface area contributed by atoms with Crippen LogP contribution < -0.4 is 9.47 Å². The molecule has 0 spiro atoms. The fourth-order valence-corrected chi connectivity index (χ4v) is 3.70. The third-order valence-corrected chi connectivity index (χ3v) is 5.47. The van der Waals surface area contributed by atoms with Crippen LogP contribution in [0.3, 0.4) is 0 Å². The first kappa shape index (κ1) is 22.1. The van der Waals surface area contributed by atoms with E-state index in [0.717, 1.165) is 6.07 Å². The molecule has 0 saturated carbocycles. The number of aliphatic hydroxyl groups is 4. The number of fused-ring (bicyclic) bond motifs is 1. The van der Waals surface area contributed by atoms with Gasteiger partial charge in [0.15, 0.2) is 17.3 Å². The molecular formula is C21H22O11. The highest BCUT2D eigenvalue weighted by molar-refractivity contribution is 6.03. The molecule has 2 aromatic carbocycles. The molecule has 0 aromatic heterocycles. The number of hydrogen-bond donors (Lipinski definition) is 7. The van der Waals surface area contributed by atoms with Crippen molar-refractivity contribution in [2.45, 2.75) is 43.2 Å². The van der Waals surface area contributed by atoms with Crippen molar-refractivity contribution in [3.8, 4) is 28.7 Å². The van der Waals surface area contributed by atoms with Crippen LogP contribution >= 0.6 is 0 Å². The molecule has 0 bridgehead atoms. The summed E-state index contributed by atoms with van der Waals surface area (Å²) in [6, 6.07) is 7.05. The van der Waals surface area contributed by atoms with Crippen LogP contribution in [0.4, 0.5) is 0 Å². The molecule has 2 aliphatic heterocycles. The van der Waals surface area contributed by atoms with Crippen molar-refractivity contribution >= 4 is 5.78 Å². The second kappa shape index (κ2) is 8.45. The minimum atomic E-state index is -1.80. The number of aromatic hydroxyl groups is 3. The molecule has 1 unspecified atom stereocenters. The molecule has 11 heteroatoms. The van der Waals surface area contributed by atoms with Gasteiger partial charge in [-0.2, -0.15) is 0 Å². The lowest BCUT2D eigenvalue weighted by atomic mass is 9.95. The number of carbonyl (C=O) groups is 1. The monoisotopic (exact) mass is 450 g/mol. The Morgan fingerprint density at radius 1 is 1.00 bits per heavy atom. The average molecular weight is 450 g/mol. The highest BCUT2D eigenvalue weighted by Crippen LogP contribution is 2.49. The van der Waals surface area contributed by atoms with E-state index in [-0.39, 0.29) is 23.5 Å². The highest BCUT2D eigenvalue weighted by atomic mass is 16.7. The van der Waals surface area contributed by atoms with Gasteiger partial charge in [-0.3, -0.25) is 4.79 Å². The number of aliphatic hydroxyl groups excluding tert-OH is 4. The molecular weight excluding hydrogens is 428 g/mol. The van der Waals surface area contributed by atoms with E-state index in [1.165, 1.54) is 12.1 Å². The molecule has 6 atom stereocenters. The summed E-state index contributed by atoms with van der Waals surface area (Å²) in [5, 5.41) is 69.3. The zero-order valence-electron chi connectivity index (χ0n) is 16.5. The standard InChI is InChI=1S/C21H22O11/c22-7-14-17(27)18(28)19(29)21(31-14)32-20-15-10(24)5-12(8-1-3-9(23)4-2-8)30-13(15)6-11(25)16(20)26/h1-4,6,12,14,17-19,21-23,25-29H,5,7H2/t12?,14-,17-,18-,19-,21+/m1/s1. The van der Waals surface area contributed by atoms with Crippen LogP contribution in [-0.4, -0.2) is 78.8 Å². The molecule has 2 aliphatic rings. The highest BCUT2D eigenvalue weighted by Gasteiger charge is 2.46. The topological polar surface area (TPSA) is 186 Å². The van der Waals surface area contributed by atoms with Crippen LogP contribution in [-0.2, 0) is 4.74 Å². The summed E-state index contributed by atoms with van der Waals surface area (Å²) in [6.07, 6.45) is -9.03. The predicted octanol–water partition coefficient (Wildman–Crippen LogP) is -0.311. The normalized spacial score (nSPS) is 29.8. The van der Waals surface area contributed by atoms with E-state index in [0.29, 0.717) is 5.56 Å². The van der Waals surface area contributed by atoms with Crippen molar-refractivity contribution in [2.24, 2.45) is 0 Å². The number of ether oxygens (including phenoxy) is 3. The number of benzene rings is 2. The van der Waals surface area contributed by atoms with Gasteiger partial charge < -0.3 is 50.0 Å². The van der Waals surface area contributed by atoms with Crippen LogP contribution in [0, 0.1) is 0 Å². The van der Waals surface area contributed by atoms with Crippen LogP contribution in [0.5, 0.6) is 28.7 Å². The van der Waals surface area contributed by atoms with Crippen LogP contribution in [0.15, 0.2) is 30.3 Å². The Balaban J connectivity index is 1.68. The summed E-state index contributed by atoms with van der Waals surface area (Å²) >= 11 is 0. The number of carbonyl (C=O) groups excluding carboxylic acids is 1. The molecule has 1 saturated heterocycles. The second-order valence-corrected chi connectivity index (χ2v) is 7.59. The fraction of sp³-hybridized carbons (Fsp3) is 0.381. The van der Waals surface area contributed by atoms with E-state index in [2.05, 4.69) is 0 Å². The zero-order chi connectivity index (χ0) is 23.2. The van der Waals surface area contributed by atoms with Crippen molar-refractivity contribution in [1.29, 1.82) is 0 Å². The van der Waals surface area contributed by atoms with Gasteiger partial charge in [0, 0.05) is 6.07 Å². The first-order chi connectivity index (χ1) is 15.2. The lowest BCUT2D eigenvalue weighted by Gasteiger charge is -2.40. The van der Waals surface area contributed by atoms with Crippen molar-refractivity contribution in [2.75, 3.05) is 6.61 Å². The third-order valence-electron chi connectivity index (χ3n) is 5.47. The summed E-state index contributed by atoms with van der Waals surface area (Å²) in [6.45, 7) is -0.703. The number of Topliss-reactive ketones (excluding diaryl/α,β-unsaturated/α-hetero) is 1. The SMILES string of the molecule is O=C1CC(c2ccc(O)cc2)Oc2cc(O)c(O)c(O[C@@H]3O[C@H](CO)[C@@H](O)[C@@H](O)[C@H]3O)c21. The summed E-state index contributed by atoms with van der Waals surface area (Å²) in [5.74, 6) is -2.62. The molecule has 2 aromatic rings. The van der Waals surface area contributed by atoms with Gasteiger partial charge in [-0.05, 0) is 17.7 Å². The van der Waals surface area contributed by atoms with Gasteiger partial charge in [0.2, 0.25) is 12.0 Å². The zero-order valence-corrected chi connectivity index (χ0v) is 16.5. The first-order valence-electron chi connectivity index (χ1n) is 9.76. The Labute approximate surface area is 181 Å². The van der Waals surface area contributed by atoms with Crippen LogP contribution in [0.1, 0.15) is 28.4 Å². The lowest BCUT2D eigenvalue weighted by molar-refractivity contribution is -0.277. The maximum absolute atomic E-state index is 12.9. The molecule has 1 fully saturated rings. The predicted molar refractivity (Wildman–Crippen MR) is 105 cm³/mol. The molecule has 172 valence electrons.